The maximum atomic E-state index is 10.2. The van der Waals surface area contributed by atoms with Crippen LogP contribution in [0.4, 0.5) is 0 Å². The Bertz CT molecular complexity index is 229. The molecule has 0 amide bonds. The fourth-order valence-corrected chi connectivity index (χ4v) is 0.660. The third-order valence-corrected chi connectivity index (χ3v) is 1.16. The third-order valence-electron chi connectivity index (χ3n) is 1.16. The molecule has 0 fully saturated rings. The van der Waals surface area contributed by atoms with Gasteiger partial charge in [0.05, 0.1) is 0 Å². The molecule has 0 unspecified atom stereocenters. The summed E-state index contributed by atoms with van der Waals surface area (Å²) in [7, 11) is 0. The maximum absolute atomic E-state index is 10.2. The van der Waals surface area contributed by atoms with Crippen LogP contribution in [0, 0.1) is 0 Å². The molecular formula is C9H8O. The molecule has 1 nitrogen and oxygen atoms in total. The van der Waals surface area contributed by atoms with Crippen molar-refractivity contribution in [1.29, 1.82) is 0 Å². The van der Waals surface area contributed by atoms with E-state index in [1.165, 1.54) is 0 Å². The van der Waals surface area contributed by atoms with Gasteiger partial charge < -0.3 is 0 Å². The van der Waals surface area contributed by atoms with Gasteiger partial charge in [0, 0.05) is 5.57 Å². The van der Waals surface area contributed by atoms with E-state index in [1.54, 1.807) is 12.2 Å². The predicted molar refractivity (Wildman–Crippen MR) is 41.6 cm³/mol. The maximum Gasteiger partial charge on any atom is 0.150 e. The molecule has 50 valence electrons. The van der Waals surface area contributed by atoms with Gasteiger partial charge in [-0.25, -0.2) is 0 Å². The van der Waals surface area contributed by atoms with Gasteiger partial charge in [0.1, 0.15) is 6.29 Å². The standard InChI is InChI=1S/C9H8O/c10-8-9-6-4-2-1-3-5-7-9/h1-8H. The lowest BCUT2D eigenvalue weighted by Crippen LogP contribution is -1.77. The summed E-state index contributed by atoms with van der Waals surface area (Å²) >= 11 is 0. The van der Waals surface area contributed by atoms with Crippen molar-refractivity contribution in [2.75, 3.05) is 0 Å². The normalized spacial score (nSPS) is 15.8. The van der Waals surface area contributed by atoms with Crippen LogP contribution < -0.4 is 0 Å². The lowest BCUT2D eigenvalue weighted by Gasteiger charge is -1.86. The fourth-order valence-electron chi connectivity index (χ4n) is 0.660. The number of rotatable bonds is 1. The van der Waals surface area contributed by atoms with E-state index in [4.69, 9.17) is 0 Å². The van der Waals surface area contributed by atoms with Crippen molar-refractivity contribution in [2.24, 2.45) is 0 Å². The number of hydrogen-bond donors (Lipinski definition) is 0. The van der Waals surface area contributed by atoms with Crippen molar-refractivity contribution in [3.8, 4) is 0 Å². The van der Waals surface area contributed by atoms with Gasteiger partial charge in [-0.2, -0.15) is 0 Å². The molecule has 0 saturated carbocycles. The summed E-state index contributed by atoms with van der Waals surface area (Å²) in [5, 5.41) is 0. The molecular weight excluding hydrogens is 124 g/mol. The number of allylic oxidation sites excluding steroid dienone is 8. The lowest BCUT2D eigenvalue weighted by atomic mass is 10.2. The van der Waals surface area contributed by atoms with Crippen molar-refractivity contribution in [1.82, 2.24) is 0 Å². The van der Waals surface area contributed by atoms with Crippen LogP contribution in [0.3, 0.4) is 0 Å². The Kier molecular flexibility index (Phi) is 2.44. The fraction of sp³-hybridized carbons (Fsp3) is 0. The van der Waals surface area contributed by atoms with Crippen molar-refractivity contribution < 1.29 is 4.79 Å². The topological polar surface area (TPSA) is 17.1 Å². The van der Waals surface area contributed by atoms with Crippen LogP contribution in [0.2, 0.25) is 0 Å². The second-order valence-electron chi connectivity index (χ2n) is 1.91. The molecule has 10 heavy (non-hydrogen) atoms. The van der Waals surface area contributed by atoms with E-state index in [9.17, 15) is 4.79 Å². The predicted octanol–water partition coefficient (Wildman–Crippen LogP) is 1.79. The summed E-state index contributed by atoms with van der Waals surface area (Å²) in [4.78, 5) is 10.2. The van der Waals surface area contributed by atoms with E-state index in [0.29, 0.717) is 5.57 Å². The molecule has 0 radical (unpaired) electrons. The SMILES string of the molecule is O=CC1=CC=CC=CC=C1. The molecule has 1 rings (SSSR count). The molecule has 0 spiro atoms. The Balaban J connectivity index is 2.82. The first kappa shape index (κ1) is 6.75. The average molecular weight is 132 g/mol. The van der Waals surface area contributed by atoms with Gasteiger partial charge in [0.25, 0.3) is 0 Å². The van der Waals surface area contributed by atoms with E-state index < -0.39 is 0 Å². The molecule has 0 N–H and O–H groups in total. The molecule has 0 bridgehead atoms. The van der Waals surface area contributed by atoms with Crippen molar-refractivity contribution in [3.63, 3.8) is 0 Å². The van der Waals surface area contributed by atoms with Crippen molar-refractivity contribution in [2.45, 2.75) is 0 Å². The summed E-state index contributed by atoms with van der Waals surface area (Å²) in [5.41, 5.74) is 0.695. The highest BCUT2D eigenvalue weighted by molar-refractivity contribution is 5.78. The van der Waals surface area contributed by atoms with Gasteiger partial charge in [0.2, 0.25) is 0 Å². The molecule has 1 heteroatoms. The Morgan fingerprint density at radius 2 is 1.70 bits per heavy atom. The number of carbonyl (C=O) groups excluding carboxylic acids is 1. The number of aldehydes is 1. The van der Waals surface area contributed by atoms with E-state index in [0.717, 1.165) is 6.29 Å². The molecule has 0 aromatic heterocycles. The Labute approximate surface area is 60.1 Å². The molecule has 1 aliphatic carbocycles. The van der Waals surface area contributed by atoms with E-state index in [1.807, 2.05) is 30.4 Å². The van der Waals surface area contributed by atoms with Crippen LogP contribution in [-0.2, 0) is 4.79 Å². The Morgan fingerprint density at radius 3 is 2.50 bits per heavy atom. The van der Waals surface area contributed by atoms with E-state index >= 15 is 0 Å². The minimum absolute atomic E-state index is 0.695. The molecule has 0 heterocycles. The molecule has 0 aliphatic heterocycles. The molecule has 0 aromatic carbocycles. The van der Waals surface area contributed by atoms with Crippen LogP contribution >= 0.6 is 0 Å². The van der Waals surface area contributed by atoms with Gasteiger partial charge in [-0.05, 0) is 0 Å². The monoisotopic (exact) mass is 132 g/mol. The first-order valence-corrected chi connectivity index (χ1v) is 3.10. The summed E-state index contributed by atoms with van der Waals surface area (Å²) in [6, 6.07) is 0. The zero-order valence-electron chi connectivity index (χ0n) is 5.53. The summed E-state index contributed by atoms with van der Waals surface area (Å²) < 4.78 is 0. The van der Waals surface area contributed by atoms with Crippen LogP contribution in [0.5, 0.6) is 0 Å². The average Bonchev–Trinajstić information content (AvgIpc) is 1.87. The number of hydrogen-bond acceptors (Lipinski definition) is 1. The van der Waals surface area contributed by atoms with Crippen LogP contribution in [0.25, 0.3) is 0 Å². The minimum Gasteiger partial charge on any atom is -0.298 e. The molecule has 0 aromatic rings. The highest BCUT2D eigenvalue weighted by atomic mass is 16.1. The molecule has 1 aliphatic rings. The van der Waals surface area contributed by atoms with Crippen LogP contribution in [-0.4, -0.2) is 6.29 Å². The smallest absolute Gasteiger partial charge is 0.150 e. The van der Waals surface area contributed by atoms with E-state index in [-0.39, 0.29) is 0 Å². The zero-order valence-corrected chi connectivity index (χ0v) is 5.53. The van der Waals surface area contributed by atoms with Crippen molar-refractivity contribution >= 4 is 6.29 Å². The molecule has 0 saturated heterocycles. The highest BCUT2D eigenvalue weighted by Gasteiger charge is 1.84. The summed E-state index contributed by atoms with van der Waals surface area (Å²) in [5.74, 6) is 0. The summed E-state index contributed by atoms with van der Waals surface area (Å²) in [6.45, 7) is 0. The van der Waals surface area contributed by atoms with Crippen LogP contribution in [0.15, 0.2) is 48.1 Å². The van der Waals surface area contributed by atoms with Gasteiger partial charge >= 0.3 is 0 Å². The van der Waals surface area contributed by atoms with Gasteiger partial charge in [-0.15, -0.1) is 0 Å². The zero-order chi connectivity index (χ0) is 7.23. The van der Waals surface area contributed by atoms with Crippen LogP contribution in [0.1, 0.15) is 0 Å². The lowest BCUT2D eigenvalue weighted by molar-refractivity contribution is -0.104. The largest absolute Gasteiger partial charge is 0.298 e. The second-order valence-corrected chi connectivity index (χ2v) is 1.91. The molecule has 0 atom stereocenters. The van der Waals surface area contributed by atoms with Gasteiger partial charge in [0.15, 0.2) is 0 Å². The van der Waals surface area contributed by atoms with Gasteiger partial charge in [-0.1, -0.05) is 42.5 Å². The van der Waals surface area contributed by atoms with Gasteiger partial charge in [-0.3, -0.25) is 4.79 Å². The number of carbonyl (C=O) groups is 1. The minimum atomic E-state index is 0.695. The first-order chi connectivity index (χ1) is 4.93. The first-order valence-electron chi connectivity index (χ1n) is 3.10. The Hall–Kier alpha value is -1.37. The highest BCUT2D eigenvalue weighted by Crippen LogP contribution is 1.96. The van der Waals surface area contributed by atoms with E-state index in [2.05, 4.69) is 0 Å². The quantitative estimate of drug-likeness (QED) is 0.497. The van der Waals surface area contributed by atoms with Crippen molar-refractivity contribution in [3.05, 3.63) is 48.1 Å². The third kappa shape index (κ3) is 1.86. The summed E-state index contributed by atoms with van der Waals surface area (Å²) in [6.07, 6.45) is 13.7. The Morgan fingerprint density at radius 1 is 1.00 bits per heavy atom. The second kappa shape index (κ2) is 3.62.